The Morgan fingerprint density at radius 3 is 2.84 bits per heavy atom. The van der Waals surface area contributed by atoms with Crippen LogP contribution in [0.25, 0.3) is 0 Å². The maximum Gasteiger partial charge on any atom is 0.270 e. The Labute approximate surface area is 144 Å². The first-order valence-electron chi connectivity index (χ1n) is 7.93. The van der Waals surface area contributed by atoms with Gasteiger partial charge in [-0.3, -0.25) is 19.6 Å². The zero-order chi connectivity index (χ0) is 17.6. The quantitative estimate of drug-likeness (QED) is 0.691. The molecule has 8 nitrogen and oxygen atoms in total. The van der Waals surface area contributed by atoms with Crippen LogP contribution in [0, 0.1) is 0 Å². The molecule has 0 saturated heterocycles. The maximum atomic E-state index is 12.4. The van der Waals surface area contributed by atoms with Crippen molar-refractivity contribution in [3.63, 3.8) is 0 Å². The van der Waals surface area contributed by atoms with Crippen LogP contribution in [-0.4, -0.2) is 46.1 Å². The summed E-state index contributed by atoms with van der Waals surface area (Å²) in [5.41, 5.74) is 0.872. The van der Waals surface area contributed by atoms with Crippen molar-refractivity contribution in [2.45, 2.75) is 18.9 Å². The minimum Gasteiger partial charge on any atom is -0.489 e. The number of aliphatic hydroxyl groups excluding tert-OH is 1. The van der Waals surface area contributed by atoms with Gasteiger partial charge in [0.1, 0.15) is 23.7 Å². The highest BCUT2D eigenvalue weighted by Gasteiger charge is 2.24. The third-order valence-electron chi connectivity index (χ3n) is 3.55. The van der Waals surface area contributed by atoms with Crippen LogP contribution in [0.5, 0.6) is 5.75 Å². The molecule has 0 aromatic carbocycles. The van der Waals surface area contributed by atoms with Crippen molar-refractivity contribution in [2.75, 3.05) is 18.5 Å². The van der Waals surface area contributed by atoms with E-state index in [-0.39, 0.29) is 30.9 Å². The van der Waals surface area contributed by atoms with Crippen LogP contribution in [0.15, 0.2) is 36.8 Å². The Balaban J connectivity index is 1.72. The highest BCUT2D eigenvalue weighted by atomic mass is 16.5. The van der Waals surface area contributed by atoms with Crippen molar-refractivity contribution in [2.24, 2.45) is 0 Å². The van der Waals surface area contributed by atoms with E-state index in [0.717, 1.165) is 12.8 Å². The number of carbonyl (C=O) groups is 2. The second-order valence-electron chi connectivity index (χ2n) is 5.58. The number of nitrogens with one attached hydrogen (secondary N) is 2. The van der Waals surface area contributed by atoms with Gasteiger partial charge in [-0.15, -0.1) is 0 Å². The predicted octanol–water partition coefficient (Wildman–Crippen LogP) is 0.992. The second-order valence-corrected chi connectivity index (χ2v) is 5.58. The summed E-state index contributed by atoms with van der Waals surface area (Å²) in [7, 11) is 0. The first-order chi connectivity index (χ1) is 12.2. The molecule has 25 heavy (non-hydrogen) atoms. The fourth-order valence-corrected chi connectivity index (χ4v) is 2.13. The van der Waals surface area contributed by atoms with Crippen molar-refractivity contribution in [1.82, 2.24) is 15.3 Å². The van der Waals surface area contributed by atoms with Gasteiger partial charge in [-0.05, 0) is 25.0 Å². The monoisotopic (exact) mass is 342 g/mol. The summed E-state index contributed by atoms with van der Waals surface area (Å²) < 4.78 is 5.35. The van der Waals surface area contributed by atoms with Gasteiger partial charge >= 0.3 is 0 Å². The first-order valence-corrected chi connectivity index (χ1v) is 7.93. The molecule has 2 aromatic rings. The molecule has 3 rings (SSSR count). The average Bonchev–Trinajstić information content (AvgIpc) is 3.45. The molecule has 1 saturated carbocycles. The Kier molecular flexibility index (Phi) is 5.20. The smallest absolute Gasteiger partial charge is 0.270 e. The fourth-order valence-electron chi connectivity index (χ4n) is 2.13. The Morgan fingerprint density at radius 1 is 1.24 bits per heavy atom. The number of carbonyl (C=O) groups excluding carboxylic acids is 2. The van der Waals surface area contributed by atoms with Gasteiger partial charge in [-0.2, -0.15) is 0 Å². The van der Waals surface area contributed by atoms with E-state index >= 15 is 0 Å². The minimum absolute atomic E-state index is 0.105. The van der Waals surface area contributed by atoms with Crippen LogP contribution < -0.4 is 15.4 Å². The van der Waals surface area contributed by atoms with Crippen LogP contribution in [0.3, 0.4) is 0 Å². The lowest BCUT2D eigenvalue weighted by Gasteiger charge is -2.11. The van der Waals surface area contributed by atoms with Crippen molar-refractivity contribution in [1.29, 1.82) is 0 Å². The van der Waals surface area contributed by atoms with Crippen LogP contribution in [0.4, 0.5) is 5.69 Å². The standard InChI is InChI=1S/C17H18N4O4/c22-7-8-25-15-4-5-18-10-14(15)21-16(23)11-3-6-19-13(9-11)17(24)20-12-1-2-12/h3-6,9-10,12,22H,1-2,7-8H2,(H,20,24)(H,21,23). The molecule has 1 fully saturated rings. The van der Waals surface area contributed by atoms with Gasteiger partial charge in [0.2, 0.25) is 0 Å². The van der Waals surface area contributed by atoms with Gasteiger partial charge in [-0.25, -0.2) is 0 Å². The lowest BCUT2D eigenvalue weighted by Crippen LogP contribution is -2.26. The molecule has 0 bridgehead atoms. The molecule has 0 spiro atoms. The predicted molar refractivity (Wildman–Crippen MR) is 89.5 cm³/mol. The minimum atomic E-state index is -0.412. The van der Waals surface area contributed by atoms with Crippen molar-refractivity contribution in [3.8, 4) is 5.75 Å². The molecule has 2 aromatic heterocycles. The number of rotatable bonds is 7. The van der Waals surface area contributed by atoms with E-state index in [1.165, 1.54) is 30.7 Å². The molecule has 8 heteroatoms. The zero-order valence-corrected chi connectivity index (χ0v) is 13.4. The number of ether oxygens (including phenoxy) is 1. The van der Waals surface area contributed by atoms with E-state index < -0.39 is 5.91 Å². The Hall–Kier alpha value is -3.00. The second kappa shape index (κ2) is 7.71. The summed E-state index contributed by atoms with van der Waals surface area (Å²) in [6.45, 7) is -0.0346. The van der Waals surface area contributed by atoms with Gasteiger partial charge < -0.3 is 20.5 Å². The maximum absolute atomic E-state index is 12.4. The average molecular weight is 342 g/mol. The van der Waals surface area contributed by atoms with Crippen LogP contribution in [0.2, 0.25) is 0 Å². The molecule has 3 N–H and O–H groups in total. The summed E-state index contributed by atoms with van der Waals surface area (Å²) in [6.07, 6.45) is 6.35. The normalized spacial score (nSPS) is 13.2. The van der Waals surface area contributed by atoms with Crippen molar-refractivity contribution < 1.29 is 19.4 Å². The van der Waals surface area contributed by atoms with Crippen molar-refractivity contribution in [3.05, 3.63) is 48.0 Å². The SMILES string of the molecule is O=C(Nc1cnccc1OCCO)c1ccnc(C(=O)NC2CC2)c1. The van der Waals surface area contributed by atoms with Crippen LogP contribution in [-0.2, 0) is 0 Å². The highest BCUT2D eigenvalue weighted by molar-refractivity contribution is 6.06. The summed E-state index contributed by atoms with van der Waals surface area (Å²) in [6, 6.07) is 4.77. The summed E-state index contributed by atoms with van der Waals surface area (Å²) in [5.74, 6) is -0.298. The molecular weight excluding hydrogens is 324 g/mol. The largest absolute Gasteiger partial charge is 0.489 e. The number of hydrogen-bond donors (Lipinski definition) is 3. The molecule has 130 valence electrons. The third kappa shape index (κ3) is 4.51. The number of amides is 2. The molecular formula is C17H18N4O4. The number of pyridine rings is 2. The zero-order valence-electron chi connectivity index (χ0n) is 13.4. The topological polar surface area (TPSA) is 113 Å². The summed E-state index contributed by atoms with van der Waals surface area (Å²) in [5, 5.41) is 14.4. The van der Waals surface area contributed by atoms with Gasteiger partial charge in [0, 0.05) is 30.1 Å². The molecule has 2 heterocycles. The lowest BCUT2D eigenvalue weighted by molar-refractivity contribution is 0.0946. The number of hydrogen-bond acceptors (Lipinski definition) is 6. The Bertz CT molecular complexity index is 777. The molecule has 0 unspecified atom stereocenters. The van der Waals surface area contributed by atoms with Gasteiger partial charge in [0.25, 0.3) is 11.8 Å². The third-order valence-corrected chi connectivity index (χ3v) is 3.55. The summed E-state index contributed by atoms with van der Waals surface area (Å²) in [4.78, 5) is 32.5. The van der Waals surface area contributed by atoms with Crippen molar-refractivity contribution >= 4 is 17.5 Å². The Morgan fingerprint density at radius 2 is 2.08 bits per heavy atom. The van der Waals surface area contributed by atoms with E-state index in [4.69, 9.17) is 9.84 Å². The number of aromatic nitrogens is 2. The van der Waals surface area contributed by atoms with Crippen LogP contribution >= 0.6 is 0 Å². The highest BCUT2D eigenvalue weighted by Crippen LogP contribution is 2.23. The van der Waals surface area contributed by atoms with E-state index in [1.807, 2.05) is 0 Å². The summed E-state index contributed by atoms with van der Waals surface area (Å²) >= 11 is 0. The fraction of sp³-hybridized carbons (Fsp3) is 0.294. The number of aliphatic hydroxyl groups is 1. The molecule has 0 aliphatic heterocycles. The lowest BCUT2D eigenvalue weighted by atomic mass is 10.2. The molecule has 1 aliphatic carbocycles. The van der Waals surface area contributed by atoms with Crippen LogP contribution in [0.1, 0.15) is 33.7 Å². The number of anilines is 1. The molecule has 0 radical (unpaired) electrons. The van der Waals surface area contributed by atoms with E-state index in [1.54, 1.807) is 6.07 Å². The first kappa shape index (κ1) is 16.8. The van der Waals surface area contributed by atoms with E-state index in [2.05, 4.69) is 20.6 Å². The van der Waals surface area contributed by atoms with Gasteiger partial charge in [0.05, 0.1) is 12.8 Å². The number of nitrogens with zero attached hydrogens (tertiary/aromatic N) is 2. The van der Waals surface area contributed by atoms with Gasteiger partial charge in [-0.1, -0.05) is 0 Å². The molecule has 0 atom stereocenters. The van der Waals surface area contributed by atoms with E-state index in [9.17, 15) is 9.59 Å². The molecule has 2 amide bonds. The van der Waals surface area contributed by atoms with Gasteiger partial charge in [0.15, 0.2) is 0 Å². The van der Waals surface area contributed by atoms with E-state index in [0.29, 0.717) is 17.0 Å². The molecule has 1 aliphatic rings.